The molecule has 0 aromatic heterocycles. The van der Waals surface area contributed by atoms with E-state index in [4.69, 9.17) is 21.7 Å². The van der Waals surface area contributed by atoms with E-state index >= 15 is 0 Å². The smallest absolute Gasteiger partial charge is 0.322 e. The Hall–Kier alpha value is -1.92. The first-order valence-corrected chi connectivity index (χ1v) is 4.51. The van der Waals surface area contributed by atoms with E-state index in [0.29, 0.717) is 5.69 Å². The van der Waals surface area contributed by atoms with Gasteiger partial charge in [0.1, 0.15) is 6.04 Å². The quantitative estimate of drug-likeness (QED) is 0.487. The maximum atomic E-state index is 10.6. The molecule has 0 aliphatic carbocycles. The van der Waals surface area contributed by atoms with Crippen molar-refractivity contribution in [2.24, 2.45) is 5.73 Å². The van der Waals surface area contributed by atoms with Gasteiger partial charge in [0.05, 0.1) is 6.61 Å². The minimum absolute atomic E-state index is 0.145. The number of benzene rings is 1. The van der Waals surface area contributed by atoms with Gasteiger partial charge >= 0.3 is 5.97 Å². The van der Waals surface area contributed by atoms with Gasteiger partial charge in [-0.3, -0.25) is 9.59 Å². The summed E-state index contributed by atoms with van der Waals surface area (Å²) in [7, 11) is 0. The summed E-state index contributed by atoms with van der Waals surface area (Å²) < 4.78 is 0. The van der Waals surface area contributed by atoms with Gasteiger partial charge < -0.3 is 21.7 Å². The molecule has 1 atom stereocenters. The monoisotopic (exact) mass is 224 g/mol. The molecule has 0 heterocycles. The van der Waals surface area contributed by atoms with Crippen LogP contribution in [0.1, 0.15) is 0 Å². The highest BCUT2D eigenvalue weighted by atomic mass is 16.4. The molecule has 0 aliphatic rings. The van der Waals surface area contributed by atoms with E-state index in [1.54, 1.807) is 18.2 Å². The third-order valence-corrected chi connectivity index (χ3v) is 1.98. The van der Waals surface area contributed by atoms with Crippen LogP contribution < -0.4 is 16.9 Å². The molecule has 16 heavy (non-hydrogen) atoms. The number of aliphatic hydroxyl groups is 1. The molecule has 0 saturated carbocycles. The Kier molecular flexibility index (Phi) is 3.60. The van der Waals surface area contributed by atoms with E-state index in [2.05, 4.69) is 0 Å². The standard InChI is InChI=1S/C7H5NO.C3H7NO3/c8-4-1-2-5-6(3-4)7(5)9;4-2(1-5)3(6)7/h1-3H,8H2;2,5H,1,4H2,(H,6,7). The average Bonchev–Trinajstić information content (AvgIpc) is 2.88. The summed E-state index contributed by atoms with van der Waals surface area (Å²) in [5.74, 6) is -1.18. The number of aliphatic hydroxyl groups excluding tert-OH is 1. The van der Waals surface area contributed by atoms with Crippen LogP contribution in [0.25, 0.3) is 10.8 Å². The van der Waals surface area contributed by atoms with Crippen LogP contribution in [-0.2, 0) is 4.79 Å². The van der Waals surface area contributed by atoms with Crippen LogP contribution in [0, 0.1) is 0 Å². The second kappa shape index (κ2) is 4.73. The number of nitrogens with two attached hydrogens (primary N) is 2. The lowest BCUT2D eigenvalue weighted by molar-refractivity contribution is -0.139. The number of carbonyl (C=O) groups is 1. The summed E-state index contributed by atoms with van der Waals surface area (Å²) in [6.07, 6.45) is 0. The van der Waals surface area contributed by atoms with E-state index in [0.717, 1.165) is 10.8 Å². The van der Waals surface area contributed by atoms with Crippen LogP contribution in [0.3, 0.4) is 0 Å². The molecule has 0 radical (unpaired) electrons. The number of hydrogen-bond donors (Lipinski definition) is 4. The number of rotatable bonds is 2. The van der Waals surface area contributed by atoms with Gasteiger partial charge in [-0.05, 0) is 18.2 Å². The van der Waals surface area contributed by atoms with Gasteiger partial charge in [0, 0.05) is 16.5 Å². The summed E-state index contributed by atoms with van der Waals surface area (Å²) in [4.78, 5) is 20.3. The normalized spacial score (nSPS) is 12.1. The second-order valence-electron chi connectivity index (χ2n) is 3.26. The molecule has 2 aromatic rings. The summed E-state index contributed by atoms with van der Waals surface area (Å²) >= 11 is 0. The van der Waals surface area contributed by atoms with E-state index < -0.39 is 18.6 Å². The van der Waals surface area contributed by atoms with Crippen molar-refractivity contribution in [1.29, 1.82) is 0 Å². The van der Waals surface area contributed by atoms with E-state index in [9.17, 15) is 9.59 Å². The molecule has 1 unspecified atom stereocenters. The maximum Gasteiger partial charge on any atom is 0.322 e. The summed E-state index contributed by atoms with van der Waals surface area (Å²) in [5.41, 5.74) is 11.0. The van der Waals surface area contributed by atoms with Crippen molar-refractivity contribution >= 4 is 22.4 Å². The van der Waals surface area contributed by atoms with E-state index in [-0.39, 0.29) is 5.43 Å². The lowest BCUT2D eigenvalue weighted by Gasteiger charge is -1.96. The van der Waals surface area contributed by atoms with Gasteiger partial charge in [0.2, 0.25) is 0 Å². The molecule has 6 nitrogen and oxygen atoms in total. The minimum atomic E-state index is -1.18. The number of aliphatic carboxylic acids is 1. The van der Waals surface area contributed by atoms with Crippen molar-refractivity contribution in [1.82, 2.24) is 0 Å². The molecule has 0 fully saturated rings. The average molecular weight is 224 g/mol. The predicted octanol–water partition coefficient (Wildman–Crippen LogP) is -0.952. The molecular formula is C10H12N2O4. The Balaban J connectivity index is 0.000000168. The molecule has 0 aliphatic heterocycles. The van der Waals surface area contributed by atoms with Gasteiger partial charge in [-0.25, -0.2) is 0 Å². The first-order chi connectivity index (χ1) is 7.47. The van der Waals surface area contributed by atoms with Crippen LogP contribution in [0.4, 0.5) is 5.69 Å². The van der Waals surface area contributed by atoms with Crippen molar-refractivity contribution in [2.45, 2.75) is 6.04 Å². The Labute approximate surface area is 90.8 Å². The van der Waals surface area contributed by atoms with Gasteiger partial charge in [-0.2, -0.15) is 0 Å². The third kappa shape index (κ3) is 2.78. The first kappa shape index (κ1) is 12.2. The number of carboxylic acids is 1. The van der Waals surface area contributed by atoms with Crippen molar-refractivity contribution in [3.8, 4) is 0 Å². The fraction of sp³-hybridized carbons (Fsp3) is 0.200. The highest BCUT2D eigenvalue weighted by Gasteiger charge is 2.09. The Morgan fingerprint density at radius 1 is 1.38 bits per heavy atom. The largest absolute Gasteiger partial charge is 0.480 e. The third-order valence-electron chi connectivity index (χ3n) is 1.98. The van der Waals surface area contributed by atoms with Crippen LogP contribution in [0.15, 0.2) is 23.0 Å². The maximum absolute atomic E-state index is 10.6. The molecule has 0 amide bonds. The minimum Gasteiger partial charge on any atom is -0.480 e. The van der Waals surface area contributed by atoms with Crippen LogP contribution in [0.2, 0.25) is 0 Å². The zero-order valence-corrected chi connectivity index (χ0v) is 8.38. The van der Waals surface area contributed by atoms with Crippen molar-refractivity contribution in [3.05, 3.63) is 28.4 Å². The lowest BCUT2D eigenvalue weighted by Crippen LogP contribution is -2.33. The number of carboxylic acid groups (broad SMARTS) is 1. The highest BCUT2D eigenvalue weighted by Crippen LogP contribution is 2.16. The van der Waals surface area contributed by atoms with Crippen molar-refractivity contribution in [2.75, 3.05) is 12.3 Å². The summed E-state index contributed by atoms with van der Waals surface area (Å²) in [5, 5.41) is 17.5. The molecule has 2 rings (SSSR count). The molecule has 2 aromatic carbocycles. The van der Waals surface area contributed by atoms with Crippen LogP contribution in [0.5, 0.6) is 0 Å². The van der Waals surface area contributed by atoms with Gasteiger partial charge in [-0.15, -0.1) is 0 Å². The molecular weight excluding hydrogens is 212 g/mol. The topological polar surface area (TPSA) is 127 Å². The van der Waals surface area contributed by atoms with Crippen molar-refractivity contribution < 1.29 is 15.0 Å². The zero-order chi connectivity index (χ0) is 12.3. The zero-order valence-electron chi connectivity index (χ0n) is 8.38. The fourth-order valence-electron chi connectivity index (χ4n) is 0.979. The van der Waals surface area contributed by atoms with Crippen LogP contribution >= 0.6 is 0 Å². The number of fused-ring (bicyclic) bond motifs is 1. The Morgan fingerprint density at radius 3 is 2.31 bits per heavy atom. The van der Waals surface area contributed by atoms with Gasteiger partial charge in [0.15, 0.2) is 5.43 Å². The van der Waals surface area contributed by atoms with E-state index in [1.165, 1.54) is 0 Å². The van der Waals surface area contributed by atoms with Gasteiger partial charge in [0.25, 0.3) is 0 Å². The van der Waals surface area contributed by atoms with Crippen molar-refractivity contribution in [3.63, 3.8) is 0 Å². The number of anilines is 1. The Morgan fingerprint density at radius 2 is 2.00 bits per heavy atom. The van der Waals surface area contributed by atoms with Gasteiger partial charge in [-0.1, -0.05) is 0 Å². The molecule has 86 valence electrons. The highest BCUT2D eigenvalue weighted by molar-refractivity contribution is 5.99. The molecule has 0 spiro atoms. The SMILES string of the molecule is NC(CO)C(=O)O.Nc1ccc2c(=O)c2c1. The number of nitrogen functional groups attached to an aromatic ring is 1. The molecule has 0 bridgehead atoms. The number of hydrogen-bond acceptors (Lipinski definition) is 5. The predicted molar refractivity (Wildman–Crippen MR) is 59.7 cm³/mol. The molecule has 0 saturated heterocycles. The van der Waals surface area contributed by atoms with Crippen LogP contribution in [-0.4, -0.2) is 28.8 Å². The molecule has 6 heteroatoms. The van der Waals surface area contributed by atoms with E-state index in [1.807, 2.05) is 0 Å². The molecule has 6 N–H and O–H groups in total. The summed E-state index contributed by atoms with van der Waals surface area (Å²) in [6.45, 7) is -0.505. The lowest BCUT2D eigenvalue weighted by atomic mass is 10.3. The Bertz CT molecular complexity index is 513. The first-order valence-electron chi connectivity index (χ1n) is 4.51. The fourth-order valence-corrected chi connectivity index (χ4v) is 0.979. The summed E-state index contributed by atoms with van der Waals surface area (Å²) in [6, 6.07) is 4.08. The second-order valence-corrected chi connectivity index (χ2v) is 3.26.